The van der Waals surface area contributed by atoms with E-state index >= 15 is 0 Å². The van der Waals surface area contributed by atoms with E-state index in [-0.39, 0.29) is 40.2 Å². The second kappa shape index (κ2) is 11.0. The average Bonchev–Trinajstić information content (AvgIpc) is 1.72. The van der Waals surface area contributed by atoms with E-state index in [0.717, 1.165) is 0 Å². The van der Waals surface area contributed by atoms with Gasteiger partial charge in [0.25, 0.3) is 0 Å². The van der Waals surface area contributed by atoms with E-state index in [9.17, 15) is 0 Å². The van der Waals surface area contributed by atoms with Crippen molar-refractivity contribution in [3.8, 4) is 0 Å². The van der Waals surface area contributed by atoms with E-state index < -0.39 is 0 Å². The average molecular weight is 157 g/mol. The van der Waals surface area contributed by atoms with Crippen LogP contribution in [0.5, 0.6) is 0 Å². The molecule has 1 nitrogen and oxygen atoms in total. The summed E-state index contributed by atoms with van der Waals surface area (Å²) in [6.45, 7) is 0. The molecule has 0 aromatic carbocycles. The fourth-order valence-corrected chi connectivity index (χ4v) is 0.277. The smallest absolute Gasteiger partial charge is 1.00 e. The van der Waals surface area contributed by atoms with Gasteiger partial charge < -0.3 is 22.1 Å². The first-order valence-corrected chi connectivity index (χ1v) is 1.76. The molecule has 0 saturated carbocycles. The van der Waals surface area contributed by atoms with Gasteiger partial charge in [-0.3, -0.25) is 0 Å². The molecule has 0 spiro atoms. The van der Waals surface area contributed by atoms with Crippen LogP contribution in [0.25, 0.3) is 0 Å². The zero-order chi connectivity index (χ0) is 4.24. The molecule has 0 fully saturated rings. The largest absolute Gasteiger partial charge is 2.00 e. The third kappa shape index (κ3) is 8.14. The number of aromatic nitrogens is 1. The number of nitrogens with zero attached hydrogens (tertiary/aromatic N) is 1. The quantitative estimate of drug-likeness (QED) is 0.270. The summed E-state index contributed by atoms with van der Waals surface area (Å²) in [5, 5.41) is 0. The summed E-state index contributed by atoms with van der Waals surface area (Å²) >= 11 is 0. The molecule has 0 aliphatic heterocycles. The molecule has 4 heteroatoms. The molecule has 0 aliphatic rings. The van der Waals surface area contributed by atoms with Crippen LogP contribution in [0.1, 0.15) is 0 Å². The van der Waals surface area contributed by atoms with Gasteiger partial charge in [-0.15, -0.1) is 0 Å². The molecule has 1 heterocycles. The van der Waals surface area contributed by atoms with E-state index in [1.807, 2.05) is 0 Å². The van der Waals surface area contributed by atoms with Crippen molar-refractivity contribution in [1.82, 2.24) is 4.98 Å². The van der Waals surface area contributed by atoms with Gasteiger partial charge in [0.15, 0.2) is 0 Å². The molecule has 1 rings (SSSR count). The van der Waals surface area contributed by atoms with Gasteiger partial charge in [0.2, 0.25) is 0 Å². The van der Waals surface area contributed by atoms with E-state index in [1.165, 1.54) is 0 Å². The maximum atomic E-state index is 3.75. The molecule has 0 saturated heterocycles. The number of hydrogen-bond acceptors (Lipinski definition) is 1. The molecule has 0 unspecified atom stereocenters. The third-order valence-electron chi connectivity index (χ3n) is 0.514. The number of pyridine rings is 1. The summed E-state index contributed by atoms with van der Waals surface area (Å²) in [6, 6.07) is 6.36. The molecule has 0 radical (unpaired) electrons. The van der Waals surface area contributed by atoms with Crippen LogP contribution in [0.4, 0.5) is 0 Å². The summed E-state index contributed by atoms with van der Waals surface area (Å²) in [7, 11) is 0. The van der Waals surface area contributed by atoms with E-state index in [2.05, 4.69) is 11.1 Å². The van der Waals surface area contributed by atoms with Crippen molar-refractivity contribution in [2.75, 3.05) is 0 Å². The van der Waals surface area contributed by atoms with Crippen LogP contribution in [0.3, 0.4) is 0 Å². The standard InChI is InChI=1S/C5H4N.ClH.FH.Mg/c1-2-4-6-5-3-1;;;/h2-5H;2*1H;/q-1;;;+2/p-2. The molecule has 0 atom stereocenters. The molecule has 0 amide bonds. The monoisotopic (exact) mass is 156 g/mol. The van der Waals surface area contributed by atoms with Gasteiger partial charge in [-0.25, -0.2) is 0 Å². The van der Waals surface area contributed by atoms with Gasteiger partial charge in [-0.05, 0) is 0 Å². The summed E-state index contributed by atoms with van der Waals surface area (Å²) in [5.41, 5.74) is 0. The summed E-state index contributed by atoms with van der Waals surface area (Å²) in [6.07, 6.45) is 3.39. The molecule has 9 heavy (non-hydrogen) atoms. The van der Waals surface area contributed by atoms with Gasteiger partial charge >= 0.3 is 23.1 Å². The van der Waals surface area contributed by atoms with Crippen LogP contribution in [0.15, 0.2) is 24.5 Å². The second-order valence-electron chi connectivity index (χ2n) is 0.947. The van der Waals surface area contributed by atoms with Gasteiger partial charge in [0, 0.05) is 0 Å². The van der Waals surface area contributed by atoms with E-state index in [0.29, 0.717) is 0 Å². The molecule has 0 N–H and O–H groups in total. The van der Waals surface area contributed by atoms with Crippen molar-refractivity contribution in [2.45, 2.75) is 0 Å². The van der Waals surface area contributed by atoms with Gasteiger partial charge in [-0.1, -0.05) is 12.4 Å². The van der Waals surface area contributed by atoms with Gasteiger partial charge in [-0.2, -0.15) is 18.2 Å². The molecule has 1 aromatic rings. The van der Waals surface area contributed by atoms with Crippen molar-refractivity contribution in [3.63, 3.8) is 0 Å². The molecule has 0 aliphatic carbocycles. The van der Waals surface area contributed by atoms with Crippen LogP contribution < -0.4 is 17.1 Å². The first kappa shape index (κ1) is 16.1. The fourth-order valence-electron chi connectivity index (χ4n) is 0.277. The normalized spacial score (nSPS) is 5.33. The van der Waals surface area contributed by atoms with Gasteiger partial charge in [0.1, 0.15) is 0 Å². The van der Waals surface area contributed by atoms with Crippen LogP contribution in [0, 0.1) is 6.07 Å². The SMILES string of the molecule is [Cl-].[F-].[Mg+2].[c-]1ccncc1. The Labute approximate surface area is 75.8 Å². The maximum Gasteiger partial charge on any atom is 2.00 e. The minimum atomic E-state index is 0. The molecular weight excluding hydrogens is 153 g/mol. The van der Waals surface area contributed by atoms with Crippen LogP contribution >= 0.6 is 0 Å². The Hall–Kier alpha value is 0.136. The molecule has 46 valence electrons. The van der Waals surface area contributed by atoms with Crippen LogP contribution in [-0.4, -0.2) is 28.0 Å². The Kier molecular flexibility index (Phi) is 19.6. The van der Waals surface area contributed by atoms with Crippen molar-refractivity contribution >= 4 is 23.1 Å². The Morgan fingerprint density at radius 2 is 1.56 bits per heavy atom. The predicted molar refractivity (Wildman–Crippen MR) is 28.8 cm³/mol. The predicted octanol–water partition coefficient (Wildman–Crippen LogP) is -5.49. The number of hydrogen-bond donors (Lipinski definition) is 0. The van der Waals surface area contributed by atoms with E-state index in [1.54, 1.807) is 24.5 Å². The third-order valence-corrected chi connectivity index (χ3v) is 0.514. The number of halogens is 2. The summed E-state index contributed by atoms with van der Waals surface area (Å²) in [4.78, 5) is 3.75. The van der Waals surface area contributed by atoms with Crippen molar-refractivity contribution < 1.29 is 17.1 Å². The second-order valence-corrected chi connectivity index (χ2v) is 0.947. The number of rotatable bonds is 0. The fraction of sp³-hybridized carbons (Fsp3) is 0. The Bertz CT molecular complexity index is 88.9. The Morgan fingerprint density at radius 1 is 1.11 bits per heavy atom. The van der Waals surface area contributed by atoms with Crippen LogP contribution in [-0.2, 0) is 0 Å². The summed E-state index contributed by atoms with van der Waals surface area (Å²) in [5.74, 6) is 0. The van der Waals surface area contributed by atoms with E-state index in [4.69, 9.17) is 0 Å². The minimum Gasteiger partial charge on any atom is -1.00 e. The van der Waals surface area contributed by atoms with Crippen molar-refractivity contribution in [3.05, 3.63) is 30.6 Å². The molecule has 1 aromatic heterocycles. The van der Waals surface area contributed by atoms with Crippen molar-refractivity contribution in [2.24, 2.45) is 0 Å². The first-order valence-electron chi connectivity index (χ1n) is 1.76. The first-order chi connectivity index (χ1) is 3.00. The Balaban J connectivity index is -0.000000120. The van der Waals surface area contributed by atoms with Crippen LogP contribution in [0.2, 0.25) is 0 Å². The molecule has 0 bridgehead atoms. The summed E-state index contributed by atoms with van der Waals surface area (Å²) < 4.78 is 0. The maximum absolute atomic E-state index is 3.75. The minimum absolute atomic E-state index is 0. The van der Waals surface area contributed by atoms with Gasteiger partial charge in [0.05, 0.1) is 0 Å². The zero-order valence-electron chi connectivity index (χ0n) is 4.72. The Morgan fingerprint density at radius 3 is 1.67 bits per heavy atom. The van der Waals surface area contributed by atoms with Crippen molar-refractivity contribution in [1.29, 1.82) is 0 Å². The topological polar surface area (TPSA) is 12.9 Å². The molecular formula is C5H4ClFMgN-. The zero-order valence-corrected chi connectivity index (χ0v) is 6.89.